The maximum absolute atomic E-state index is 12.7. The second kappa shape index (κ2) is 10.0. The predicted octanol–water partition coefficient (Wildman–Crippen LogP) is 4.21. The van der Waals surface area contributed by atoms with Crippen molar-refractivity contribution >= 4 is 51.9 Å². The number of nitriles is 1. The van der Waals surface area contributed by atoms with Gasteiger partial charge in [0.25, 0.3) is 5.91 Å². The zero-order valence-electron chi connectivity index (χ0n) is 15.6. The van der Waals surface area contributed by atoms with Gasteiger partial charge in [0.15, 0.2) is 0 Å². The molecule has 0 spiro atoms. The Bertz CT molecular complexity index is 949. The molecule has 1 saturated heterocycles. The normalized spacial score (nSPS) is 15.0. The Balaban J connectivity index is 1.58. The molecule has 2 amide bonds. The Hall–Kier alpha value is -2.89. The lowest BCUT2D eigenvalue weighted by molar-refractivity contribution is -0.123. The number of carbonyl (C=O) groups excluding carboxylic acids is 2. The average Bonchev–Trinajstić information content (AvgIpc) is 3.33. The van der Waals surface area contributed by atoms with Gasteiger partial charge in [-0.3, -0.25) is 14.5 Å². The minimum Gasteiger partial charge on any atom is -0.465 e. The molecule has 148 valence electrons. The monoisotopic (exact) mass is 425 g/mol. The summed E-state index contributed by atoms with van der Waals surface area (Å²) in [6, 6.07) is 14.9. The topological polar surface area (TPSA) is 77.5 Å². The summed E-state index contributed by atoms with van der Waals surface area (Å²) in [4.78, 5) is 28.9. The van der Waals surface area contributed by atoms with Crippen LogP contribution in [0.1, 0.15) is 25.0 Å². The summed E-state index contributed by atoms with van der Waals surface area (Å²) in [6.07, 6.45) is 4.21. The minimum atomic E-state index is -0.173. The number of nitrogens with zero attached hydrogens (tertiary/aromatic N) is 3. The summed E-state index contributed by atoms with van der Waals surface area (Å²) in [5, 5.41) is 8.88. The molecule has 0 N–H and O–H groups in total. The number of anilines is 1. The van der Waals surface area contributed by atoms with Crippen LogP contribution in [0, 0.1) is 11.3 Å². The fraction of sp³-hybridized carbons (Fsp3) is 0.238. The zero-order valence-corrected chi connectivity index (χ0v) is 17.2. The molecule has 29 heavy (non-hydrogen) atoms. The van der Waals surface area contributed by atoms with Gasteiger partial charge in [-0.05, 0) is 30.7 Å². The number of rotatable bonds is 8. The van der Waals surface area contributed by atoms with Crippen molar-refractivity contribution in [1.82, 2.24) is 4.90 Å². The highest BCUT2D eigenvalue weighted by molar-refractivity contribution is 8.26. The fourth-order valence-electron chi connectivity index (χ4n) is 2.89. The predicted molar refractivity (Wildman–Crippen MR) is 117 cm³/mol. The van der Waals surface area contributed by atoms with Crippen LogP contribution in [0.5, 0.6) is 0 Å². The lowest BCUT2D eigenvalue weighted by Crippen LogP contribution is -2.33. The number of para-hydroxylation sites is 1. The van der Waals surface area contributed by atoms with Crippen molar-refractivity contribution in [1.29, 1.82) is 5.26 Å². The van der Waals surface area contributed by atoms with Crippen molar-refractivity contribution < 1.29 is 14.0 Å². The lowest BCUT2D eigenvalue weighted by Gasteiger charge is -2.22. The Labute approximate surface area is 178 Å². The third kappa shape index (κ3) is 5.34. The molecular formula is C21H19N3O3S2. The van der Waals surface area contributed by atoms with E-state index in [9.17, 15) is 9.59 Å². The molecular weight excluding hydrogens is 406 g/mol. The second-order valence-electron chi connectivity index (χ2n) is 6.24. The molecule has 1 aromatic carbocycles. The van der Waals surface area contributed by atoms with Crippen LogP contribution in [0.2, 0.25) is 0 Å². The number of hydrogen-bond acceptors (Lipinski definition) is 6. The first-order valence-electron chi connectivity index (χ1n) is 9.11. The van der Waals surface area contributed by atoms with Crippen LogP contribution in [0.15, 0.2) is 58.1 Å². The SMILES string of the molecule is N#CCCN(C(=O)CCCN1C(=O)/C(=C/c2ccco2)SC1=S)c1ccccc1. The summed E-state index contributed by atoms with van der Waals surface area (Å²) in [5.74, 6) is 0.341. The van der Waals surface area contributed by atoms with Crippen LogP contribution >= 0.6 is 24.0 Å². The van der Waals surface area contributed by atoms with Gasteiger partial charge in [-0.15, -0.1) is 0 Å². The number of carbonyl (C=O) groups is 2. The summed E-state index contributed by atoms with van der Waals surface area (Å²) < 4.78 is 5.73. The first-order chi connectivity index (χ1) is 14.1. The molecule has 0 saturated carbocycles. The van der Waals surface area contributed by atoms with Crippen molar-refractivity contribution in [2.75, 3.05) is 18.0 Å². The van der Waals surface area contributed by atoms with Crippen molar-refractivity contribution in [3.63, 3.8) is 0 Å². The van der Waals surface area contributed by atoms with Crippen molar-refractivity contribution in [3.8, 4) is 6.07 Å². The molecule has 0 bridgehead atoms. The fourth-order valence-corrected chi connectivity index (χ4v) is 4.17. The van der Waals surface area contributed by atoms with Crippen LogP contribution in [0.3, 0.4) is 0 Å². The van der Waals surface area contributed by atoms with Crippen LogP contribution in [-0.2, 0) is 9.59 Å². The van der Waals surface area contributed by atoms with Gasteiger partial charge in [0.05, 0.1) is 23.7 Å². The number of thioether (sulfide) groups is 1. The van der Waals surface area contributed by atoms with E-state index in [1.807, 2.05) is 30.3 Å². The number of hydrogen-bond donors (Lipinski definition) is 0. The van der Waals surface area contributed by atoms with Gasteiger partial charge in [-0.25, -0.2) is 0 Å². The van der Waals surface area contributed by atoms with Gasteiger partial charge in [0.1, 0.15) is 10.1 Å². The van der Waals surface area contributed by atoms with Gasteiger partial charge in [-0.1, -0.05) is 42.2 Å². The molecule has 0 unspecified atom stereocenters. The molecule has 1 fully saturated rings. The number of benzene rings is 1. The molecule has 3 rings (SSSR count). The average molecular weight is 426 g/mol. The standard InChI is InChI=1S/C21H19N3O3S2/c22-11-6-13-23(16-7-2-1-3-8-16)19(25)10-4-12-24-20(26)18(29-21(24)28)15-17-9-5-14-27-17/h1-3,5,7-9,14-15H,4,6,10,12-13H2/b18-15-. The van der Waals surface area contributed by atoms with E-state index in [0.717, 1.165) is 5.69 Å². The highest BCUT2D eigenvalue weighted by atomic mass is 32.2. The third-order valence-corrected chi connectivity index (χ3v) is 5.66. The first-order valence-corrected chi connectivity index (χ1v) is 10.3. The van der Waals surface area contributed by atoms with Crippen LogP contribution < -0.4 is 4.90 Å². The highest BCUT2D eigenvalue weighted by Crippen LogP contribution is 2.32. The molecule has 1 aliphatic rings. The maximum Gasteiger partial charge on any atom is 0.266 e. The van der Waals surface area contributed by atoms with Crippen LogP contribution in [0.25, 0.3) is 6.08 Å². The van der Waals surface area contributed by atoms with E-state index in [4.69, 9.17) is 21.9 Å². The smallest absolute Gasteiger partial charge is 0.266 e. The Morgan fingerprint density at radius 1 is 1.28 bits per heavy atom. The zero-order chi connectivity index (χ0) is 20.6. The molecule has 2 heterocycles. The van der Waals surface area contributed by atoms with E-state index in [-0.39, 0.29) is 24.7 Å². The molecule has 0 aliphatic carbocycles. The van der Waals surface area contributed by atoms with E-state index in [1.165, 1.54) is 16.7 Å². The number of amides is 2. The van der Waals surface area contributed by atoms with E-state index in [0.29, 0.717) is 34.5 Å². The van der Waals surface area contributed by atoms with Gasteiger partial charge < -0.3 is 9.32 Å². The molecule has 0 atom stereocenters. The molecule has 1 aromatic heterocycles. The van der Waals surface area contributed by atoms with E-state index < -0.39 is 0 Å². The van der Waals surface area contributed by atoms with E-state index in [2.05, 4.69) is 6.07 Å². The van der Waals surface area contributed by atoms with Crippen LogP contribution in [-0.4, -0.2) is 34.1 Å². The van der Waals surface area contributed by atoms with Gasteiger partial charge >= 0.3 is 0 Å². The molecule has 2 aromatic rings. The number of furan rings is 1. The third-order valence-electron chi connectivity index (χ3n) is 4.28. The molecule has 8 heteroatoms. The summed E-state index contributed by atoms with van der Waals surface area (Å²) in [7, 11) is 0. The Morgan fingerprint density at radius 3 is 2.76 bits per heavy atom. The Morgan fingerprint density at radius 2 is 2.07 bits per heavy atom. The lowest BCUT2D eigenvalue weighted by atomic mass is 10.2. The van der Waals surface area contributed by atoms with E-state index >= 15 is 0 Å². The van der Waals surface area contributed by atoms with Gasteiger partial charge in [-0.2, -0.15) is 5.26 Å². The maximum atomic E-state index is 12.7. The Kier molecular flexibility index (Phi) is 7.22. The summed E-state index contributed by atoms with van der Waals surface area (Å²) in [5.41, 5.74) is 0.764. The van der Waals surface area contributed by atoms with Crippen molar-refractivity contribution in [2.45, 2.75) is 19.3 Å². The summed E-state index contributed by atoms with van der Waals surface area (Å²) >= 11 is 6.55. The molecule has 1 aliphatic heterocycles. The quantitative estimate of drug-likeness (QED) is 0.466. The van der Waals surface area contributed by atoms with Gasteiger partial charge in [0, 0.05) is 31.3 Å². The largest absolute Gasteiger partial charge is 0.465 e. The second-order valence-corrected chi connectivity index (χ2v) is 7.92. The summed E-state index contributed by atoms with van der Waals surface area (Å²) in [6.45, 7) is 0.707. The van der Waals surface area contributed by atoms with Crippen molar-refractivity contribution in [2.24, 2.45) is 0 Å². The minimum absolute atomic E-state index is 0.0805. The van der Waals surface area contributed by atoms with Crippen molar-refractivity contribution in [3.05, 3.63) is 59.4 Å². The molecule has 0 radical (unpaired) electrons. The first kappa shape index (κ1) is 20.8. The highest BCUT2D eigenvalue weighted by Gasteiger charge is 2.32. The van der Waals surface area contributed by atoms with Gasteiger partial charge in [0.2, 0.25) is 5.91 Å². The van der Waals surface area contributed by atoms with E-state index in [1.54, 1.807) is 29.4 Å². The van der Waals surface area contributed by atoms with Crippen LogP contribution in [0.4, 0.5) is 5.69 Å². The molecule has 6 nitrogen and oxygen atoms in total. The number of thiocarbonyl (C=S) groups is 1.